The van der Waals surface area contributed by atoms with Crippen LogP contribution in [0.25, 0.3) is 0 Å². The number of carbonyl (C=O) groups excluding carboxylic acids is 1. The molecular formula is C49H99O9P. The van der Waals surface area contributed by atoms with Crippen molar-refractivity contribution in [1.29, 1.82) is 0 Å². The molecule has 10 heteroatoms. The van der Waals surface area contributed by atoms with Crippen LogP contribution in [0, 0.1) is 0 Å². The van der Waals surface area contributed by atoms with Crippen LogP contribution in [0.4, 0.5) is 0 Å². The van der Waals surface area contributed by atoms with Crippen LogP contribution in [0.15, 0.2) is 0 Å². The molecule has 0 saturated heterocycles. The summed E-state index contributed by atoms with van der Waals surface area (Å²) >= 11 is 0. The van der Waals surface area contributed by atoms with Crippen LogP contribution in [-0.2, 0) is 27.9 Å². The van der Waals surface area contributed by atoms with Crippen molar-refractivity contribution >= 4 is 13.8 Å². The second kappa shape index (κ2) is 47.0. The van der Waals surface area contributed by atoms with Crippen molar-refractivity contribution in [2.24, 2.45) is 0 Å². The van der Waals surface area contributed by atoms with Crippen LogP contribution in [0.3, 0.4) is 0 Å². The van der Waals surface area contributed by atoms with Gasteiger partial charge in [-0.05, 0) is 12.8 Å². The topological polar surface area (TPSA) is 132 Å². The van der Waals surface area contributed by atoms with Gasteiger partial charge in [-0.25, -0.2) is 4.57 Å². The number of phosphoric acid groups is 1. The maximum Gasteiger partial charge on any atom is 0.472 e. The molecule has 3 N–H and O–H groups in total. The lowest BCUT2D eigenvalue weighted by atomic mass is 10.0. The Bertz CT molecular complexity index is 892. The molecule has 0 amide bonds. The minimum Gasteiger partial charge on any atom is -0.457 e. The molecule has 0 aromatic heterocycles. The van der Waals surface area contributed by atoms with Crippen molar-refractivity contribution in [3.8, 4) is 0 Å². The Balaban J connectivity index is 3.96. The summed E-state index contributed by atoms with van der Waals surface area (Å²) in [6.07, 6.45) is 47.9. The summed E-state index contributed by atoms with van der Waals surface area (Å²) in [5.41, 5.74) is 0. The second-order valence-corrected chi connectivity index (χ2v) is 19.0. The summed E-state index contributed by atoms with van der Waals surface area (Å²) in [7, 11) is -4.51. The molecule has 0 fully saturated rings. The molecule has 0 aliphatic heterocycles. The highest BCUT2D eigenvalue weighted by atomic mass is 31.2. The Kier molecular flexibility index (Phi) is 46.5. The van der Waals surface area contributed by atoms with Crippen molar-refractivity contribution in [2.75, 3.05) is 33.0 Å². The summed E-state index contributed by atoms with van der Waals surface area (Å²) in [6, 6.07) is 0. The number of carbonyl (C=O) groups is 1. The molecule has 0 rings (SSSR count). The Morgan fingerprint density at radius 3 is 1.10 bits per heavy atom. The van der Waals surface area contributed by atoms with Gasteiger partial charge in [-0.1, -0.05) is 245 Å². The van der Waals surface area contributed by atoms with Gasteiger partial charge in [0.2, 0.25) is 0 Å². The fraction of sp³-hybridized carbons (Fsp3) is 0.980. The quantitative estimate of drug-likeness (QED) is 0.0311. The third-order valence-electron chi connectivity index (χ3n) is 11.5. The largest absolute Gasteiger partial charge is 0.472 e. The first-order valence-electron chi connectivity index (χ1n) is 25.5. The van der Waals surface area contributed by atoms with Crippen molar-refractivity contribution in [2.45, 2.75) is 276 Å². The monoisotopic (exact) mass is 863 g/mol. The summed E-state index contributed by atoms with van der Waals surface area (Å²) in [5.74, 6) is -0.373. The van der Waals surface area contributed by atoms with Gasteiger partial charge in [0.15, 0.2) is 0 Å². The van der Waals surface area contributed by atoms with Gasteiger partial charge in [-0.3, -0.25) is 13.8 Å². The van der Waals surface area contributed by atoms with E-state index < -0.39 is 33.2 Å². The summed E-state index contributed by atoms with van der Waals surface area (Å²) in [5, 5.41) is 18.4. The van der Waals surface area contributed by atoms with Gasteiger partial charge in [-0.15, -0.1) is 0 Å². The van der Waals surface area contributed by atoms with Gasteiger partial charge < -0.3 is 24.6 Å². The number of unbranched alkanes of at least 4 members (excludes halogenated alkanes) is 36. The zero-order chi connectivity index (χ0) is 43.2. The maximum absolute atomic E-state index is 12.7. The number of aliphatic hydroxyl groups is 2. The number of ether oxygens (including phenoxy) is 2. The molecule has 0 heterocycles. The number of hydrogen-bond acceptors (Lipinski definition) is 8. The molecular weight excluding hydrogens is 764 g/mol. The van der Waals surface area contributed by atoms with E-state index in [4.69, 9.17) is 23.6 Å². The molecule has 9 nitrogen and oxygen atoms in total. The third kappa shape index (κ3) is 46.8. The fourth-order valence-electron chi connectivity index (χ4n) is 7.65. The van der Waals surface area contributed by atoms with Crippen molar-refractivity contribution < 1.29 is 43.0 Å². The molecule has 354 valence electrons. The number of rotatable bonds is 50. The minimum absolute atomic E-state index is 0.0584. The minimum atomic E-state index is -4.51. The average Bonchev–Trinajstić information content (AvgIpc) is 3.23. The van der Waals surface area contributed by atoms with Gasteiger partial charge in [0, 0.05) is 13.0 Å². The van der Waals surface area contributed by atoms with E-state index in [0.29, 0.717) is 6.61 Å². The lowest BCUT2D eigenvalue weighted by Gasteiger charge is -2.20. The predicted molar refractivity (Wildman–Crippen MR) is 247 cm³/mol. The molecule has 0 aromatic rings. The number of hydrogen-bond donors (Lipinski definition) is 3. The van der Waals surface area contributed by atoms with Gasteiger partial charge >= 0.3 is 13.8 Å². The van der Waals surface area contributed by atoms with E-state index in [-0.39, 0.29) is 25.6 Å². The third-order valence-corrected chi connectivity index (χ3v) is 12.5. The smallest absolute Gasteiger partial charge is 0.457 e. The van der Waals surface area contributed by atoms with E-state index >= 15 is 0 Å². The molecule has 3 atom stereocenters. The predicted octanol–water partition coefficient (Wildman–Crippen LogP) is 14.7. The molecule has 0 bridgehead atoms. The van der Waals surface area contributed by atoms with E-state index in [1.165, 1.54) is 212 Å². The molecule has 1 unspecified atom stereocenters. The second-order valence-electron chi connectivity index (χ2n) is 17.6. The SMILES string of the molecule is CCCCCCCCCCCCCCCCCCCCCCCCCCC(=O)O[C@H](COCCCCCCCCCCCCCCCC)COP(=O)(O)OC[C@@H](O)CO. The Morgan fingerprint density at radius 1 is 0.458 bits per heavy atom. The highest BCUT2D eigenvalue weighted by Gasteiger charge is 2.26. The Hall–Kier alpha value is -0.540. The van der Waals surface area contributed by atoms with Crippen LogP contribution in [0.2, 0.25) is 0 Å². The first-order valence-corrected chi connectivity index (χ1v) is 27.0. The highest BCUT2D eigenvalue weighted by Crippen LogP contribution is 2.43. The first-order chi connectivity index (χ1) is 28.8. The average molecular weight is 863 g/mol. The molecule has 0 aliphatic carbocycles. The molecule has 0 saturated carbocycles. The lowest BCUT2D eigenvalue weighted by molar-refractivity contribution is -0.154. The van der Waals surface area contributed by atoms with E-state index in [2.05, 4.69) is 13.8 Å². The lowest BCUT2D eigenvalue weighted by Crippen LogP contribution is -2.29. The molecule has 59 heavy (non-hydrogen) atoms. The van der Waals surface area contributed by atoms with Crippen LogP contribution >= 0.6 is 7.82 Å². The van der Waals surface area contributed by atoms with Crippen LogP contribution in [0.5, 0.6) is 0 Å². The number of aliphatic hydroxyl groups excluding tert-OH is 2. The van der Waals surface area contributed by atoms with E-state index in [1.54, 1.807) is 0 Å². The number of esters is 1. The molecule has 0 radical (unpaired) electrons. The van der Waals surface area contributed by atoms with Gasteiger partial charge in [0.05, 0.1) is 26.4 Å². The van der Waals surface area contributed by atoms with E-state index in [0.717, 1.165) is 32.1 Å². The standard InChI is InChI=1S/C49H99O9P/c1-3-5-7-9-11-13-15-17-19-20-21-22-23-24-25-26-27-28-29-31-33-35-37-39-41-49(52)58-48(46-57-59(53,54)56-44-47(51)43-50)45-55-42-40-38-36-34-32-30-18-16-14-12-10-8-6-4-2/h47-48,50-51H,3-46H2,1-2H3,(H,53,54)/t47-,48+/m0/s1. The van der Waals surface area contributed by atoms with Gasteiger partial charge in [0.25, 0.3) is 0 Å². The normalized spacial score (nSPS) is 13.8. The summed E-state index contributed by atoms with van der Waals surface area (Å²) in [4.78, 5) is 22.7. The summed E-state index contributed by atoms with van der Waals surface area (Å²) < 4.78 is 33.5. The van der Waals surface area contributed by atoms with Crippen LogP contribution < -0.4 is 0 Å². The van der Waals surface area contributed by atoms with Gasteiger partial charge in [0.1, 0.15) is 12.2 Å². The Morgan fingerprint density at radius 2 is 0.763 bits per heavy atom. The Labute approximate surface area is 365 Å². The maximum atomic E-state index is 12.7. The van der Waals surface area contributed by atoms with E-state index in [1.807, 2.05) is 0 Å². The van der Waals surface area contributed by atoms with Crippen molar-refractivity contribution in [3.05, 3.63) is 0 Å². The van der Waals surface area contributed by atoms with Crippen molar-refractivity contribution in [3.63, 3.8) is 0 Å². The van der Waals surface area contributed by atoms with E-state index in [9.17, 15) is 19.4 Å². The van der Waals surface area contributed by atoms with Gasteiger partial charge in [-0.2, -0.15) is 0 Å². The molecule has 0 aromatic carbocycles. The molecule has 0 aliphatic rings. The van der Waals surface area contributed by atoms with Crippen molar-refractivity contribution in [1.82, 2.24) is 0 Å². The molecule has 0 spiro atoms. The fourth-order valence-corrected chi connectivity index (χ4v) is 8.44. The van der Waals surface area contributed by atoms with Crippen LogP contribution in [-0.4, -0.2) is 66.3 Å². The van der Waals surface area contributed by atoms with Crippen LogP contribution in [0.1, 0.15) is 264 Å². The number of phosphoric ester groups is 1. The zero-order valence-electron chi connectivity index (χ0n) is 39.0. The first kappa shape index (κ1) is 58.5. The summed E-state index contributed by atoms with van der Waals surface area (Å²) in [6.45, 7) is 3.60. The zero-order valence-corrected chi connectivity index (χ0v) is 39.9. The highest BCUT2D eigenvalue weighted by molar-refractivity contribution is 7.47.